The molecule has 1 aliphatic heterocycles. The van der Waals surface area contributed by atoms with E-state index < -0.39 is 0 Å². The minimum absolute atomic E-state index is 0.524. The number of hydrogen-bond donors (Lipinski definition) is 1. The summed E-state index contributed by atoms with van der Waals surface area (Å²) in [6, 6.07) is 1.16. The van der Waals surface area contributed by atoms with Crippen molar-refractivity contribution in [1.29, 1.82) is 0 Å². The van der Waals surface area contributed by atoms with Crippen LogP contribution in [0.15, 0.2) is 6.20 Å². The molecule has 94 valence electrons. The molecule has 0 spiro atoms. The number of nitrogens with zero attached hydrogens (tertiary/aromatic N) is 3. The summed E-state index contributed by atoms with van der Waals surface area (Å²) < 4.78 is 0. The third kappa shape index (κ3) is 2.94. The monoisotopic (exact) mass is 234 g/mol. The van der Waals surface area contributed by atoms with Crippen molar-refractivity contribution in [2.45, 2.75) is 45.7 Å². The molecule has 2 rings (SSSR count). The van der Waals surface area contributed by atoms with Gasteiger partial charge in [0.1, 0.15) is 5.82 Å². The fourth-order valence-corrected chi connectivity index (χ4v) is 2.29. The smallest absolute Gasteiger partial charge is 0.147 e. The van der Waals surface area contributed by atoms with Crippen LogP contribution in [-0.2, 0) is 0 Å². The molecule has 0 aliphatic carbocycles. The van der Waals surface area contributed by atoms with Gasteiger partial charge >= 0.3 is 0 Å². The van der Waals surface area contributed by atoms with Crippen molar-refractivity contribution in [3.8, 4) is 0 Å². The number of aromatic nitrogens is 2. The molecule has 2 heterocycles. The van der Waals surface area contributed by atoms with Gasteiger partial charge in [-0.3, -0.25) is 4.98 Å². The van der Waals surface area contributed by atoms with Crippen LogP contribution in [-0.4, -0.2) is 40.5 Å². The molecule has 2 unspecified atom stereocenters. The molecule has 0 aromatic carbocycles. The molecular formula is C13H22N4. The van der Waals surface area contributed by atoms with E-state index >= 15 is 0 Å². The lowest BCUT2D eigenvalue weighted by atomic mass is 9.99. The average molecular weight is 234 g/mol. The van der Waals surface area contributed by atoms with Crippen molar-refractivity contribution in [3.05, 3.63) is 17.6 Å². The number of hydrogen-bond acceptors (Lipinski definition) is 4. The molecule has 1 aromatic heterocycles. The van der Waals surface area contributed by atoms with Crippen LogP contribution in [0.1, 0.15) is 31.2 Å². The topological polar surface area (TPSA) is 41.1 Å². The summed E-state index contributed by atoms with van der Waals surface area (Å²) in [6.07, 6.45) is 4.17. The SMILES string of the molecule is Cc1cnc(C)c(NC2CCN(C)C(C)C2)n1. The first-order valence-electron chi connectivity index (χ1n) is 6.33. The van der Waals surface area contributed by atoms with Gasteiger partial charge in [-0.15, -0.1) is 0 Å². The van der Waals surface area contributed by atoms with Gasteiger partial charge < -0.3 is 10.2 Å². The van der Waals surface area contributed by atoms with Gasteiger partial charge in [-0.1, -0.05) is 0 Å². The average Bonchev–Trinajstić information content (AvgIpc) is 2.29. The van der Waals surface area contributed by atoms with E-state index in [-0.39, 0.29) is 0 Å². The number of likely N-dealkylation sites (tertiary alicyclic amines) is 1. The van der Waals surface area contributed by atoms with E-state index in [1.807, 2.05) is 20.0 Å². The molecule has 1 fully saturated rings. The maximum absolute atomic E-state index is 4.52. The number of nitrogens with one attached hydrogen (secondary N) is 1. The molecule has 4 nitrogen and oxygen atoms in total. The second-order valence-corrected chi connectivity index (χ2v) is 5.14. The third-order valence-corrected chi connectivity index (χ3v) is 3.63. The minimum atomic E-state index is 0.524. The predicted octanol–water partition coefficient (Wildman–Crippen LogP) is 1.99. The van der Waals surface area contributed by atoms with Gasteiger partial charge in [0, 0.05) is 24.8 Å². The molecule has 1 aromatic rings. The summed E-state index contributed by atoms with van der Waals surface area (Å²) in [5, 5.41) is 3.54. The maximum atomic E-state index is 4.52. The lowest BCUT2D eigenvalue weighted by Crippen LogP contribution is -2.42. The Morgan fingerprint density at radius 1 is 1.41 bits per heavy atom. The lowest BCUT2D eigenvalue weighted by Gasteiger charge is -2.35. The van der Waals surface area contributed by atoms with Crippen molar-refractivity contribution in [3.63, 3.8) is 0 Å². The van der Waals surface area contributed by atoms with Crippen molar-refractivity contribution in [2.75, 3.05) is 18.9 Å². The van der Waals surface area contributed by atoms with Crippen molar-refractivity contribution in [2.24, 2.45) is 0 Å². The van der Waals surface area contributed by atoms with E-state index in [1.165, 1.54) is 12.8 Å². The number of aryl methyl sites for hydroxylation is 2. The molecule has 17 heavy (non-hydrogen) atoms. The Kier molecular flexibility index (Phi) is 3.62. The zero-order valence-electron chi connectivity index (χ0n) is 11.2. The first-order chi connectivity index (χ1) is 8.06. The fourth-order valence-electron chi connectivity index (χ4n) is 2.29. The first-order valence-corrected chi connectivity index (χ1v) is 6.33. The van der Waals surface area contributed by atoms with Crippen molar-refractivity contribution < 1.29 is 0 Å². The largest absolute Gasteiger partial charge is 0.366 e. The molecule has 4 heteroatoms. The van der Waals surface area contributed by atoms with Crippen LogP contribution in [0.2, 0.25) is 0 Å². The summed E-state index contributed by atoms with van der Waals surface area (Å²) in [5.41, 5.74) is 1.96. The molecule has 0 saturated carbocycles. The maximum Gasteiger partial charge on any atom is 0.147 e. The van der Waals surface area contributed by atoms with Crippen LogP contribution >= 0.6 is 0 Å². The Morgan fingerprint density at radius 2 is 2.18 bits per heavy atom. The summed E-state index contributed by atoms with van der Waals surface area (Å²) in [5.74, 6) is 0.951. The molecular weight excluding hydrogens is 212 g/mol. The number of anilines is 1. The summed E-state index contributed by atoms with van der Waals surface area (Å²) in [7, 11) is 2.19. The quantitative estimate of drug-likeness (QED) is 0.849. The Morgan fingerprint density at radius 3 is 2.88 bits per heavy atom. The van der Waals surface area contributed by atoms with Crippen LogP contribution in [0, 0.1) is 13.8 Å². The van der Waals surface area contributed by atoms with Crippen LogP contribution in [0.3, 0.4) is 0 Å². The van der Waals surface area contributed by atoms with E-state index in [0.717, 1.165) is 23.8 Å². The fraction of sp³-hybridized carbons (Fsp3) is 0.692. The molecule has 0 radical (unpaired) electrons. The standard InChI is InChI=1S/C13H22N4/c1-9-8-14-11(3)13(15-9)16-12-5-6-17(4)10(2)7-12/h8,10,12H,5-7H2,1-4H3,(H,15,16). The molecule has 1 saturated heterocycles. The Hall–Kier alpha value is -1.16. The number of rotatable bonds is 2. The van der Waals surface area contributed by atoms with Crippen molar-refractivity contribution in [1.82, 2.24) is 14.9 Å². The zero-order valence-corrected chi connectivity index (χ0v) is 11.2. The molecule has 1 N–H and O–H groups in total. The summed E-state index contributed by atoms with van der Waals surface area (Å²) in [4.78, 5) is 11.3. The Balaban J connectivity index is 2.03. The molecule has 1 aliphatic rings. The summed E-state index contributed by atoms with van der Waals surface area (Å²) in [6.45, 7) is 7.42. The van der Waals surface area contributed by atoms with Crippen LogP contribution in [0.25, 0.3) is 0 Å². The Labute approximate surface area is 103 Å². The van der Waals surface area contributed by atoms with Crippen LogP contribution in [0.4, 0.5) is 5.82 Å². The molecule has 0 bridgehead atoms. The van der Waals surface area contributed by atoms with E-state index in [4.69, 9.17) is 0 Å². The first kappa shape index (κ1) is 12.3. The highest BCUT2D eigenvalue weighted by molar-refractivity contribution is 5.40. The zero-order chi connectivity index (χ0) is 12.4. The third-order valence-electron chi connectivity index (χ3n) is 3.63. The lowest BCUT2D eigenvalue weighted by molar-refractivity contribution is 0.190. The molecule has 2 atom stereocenters. The van der Waals surface area contributed by atoms with E-state index in [9.17, 15) is 0 Å². The van der Waals surface area contributed by atoms with E-state index in [0.29, 0.717) is 12.1 Å². The van der Waals surface area contributed by atoms with Gasteiger partial charge in [0.15, 0.2) is 0 Å². The van der Waals surface area contributed by atoms with Crippen LogP contribution in [0.5, 0.6) is 0 Å². The normalized spacial score (nSPS) is 25.9. The van der Waals surface area contributed by atoms with Gasteiger partial charge in [0.05, 0.1) is 11.4 Å². The van der Waals surface area contributed by atoms with E-state index in [1.54, 1.807) is 0 Å². The Bertz CT molecular complexity index is 391. The van der Waals surface area contributed by atoms with Crippen molar-refractivity contribution >= 4 is 5.82 Å². The highest BCUT2D eigenvalue weighted by Gasteiger charge is 2.23. The van der Waals surface area contributed by atoms with Gasteiger partial charge in [0.25, 0.3) is 0 Å². The summed E-state index contributed by atoms with van der Waals surface area (Å²) >= 11 is 0. The molecule has 0 amide bonds. The number of piperidine rings is 1. The highest BCUT2D eigenvalue weighted by atomic mass is 15.2. The van der Waals surface area contributed by atoms with Gasteiger partial charge in [-0.25, -0.2) is 4.98 Å². The minimum Gasteiger partial charge on any atom is -0.366 e. The second kappa shape index (κ2) is 5.00. The van der Waals surface area contributed by atoms with Crippen LogP contribution < -0.4 is 5.32 Å². The second-order valence-electron chi connectivity index (χ2n) is 5.14. The van der Waals surface area contributed by atoms with Gasteiger partial charge in [0.2, 0.25) is 0 Å². The van der Waals surface area contributed by atoms with E-state index in [2.05, 4.69) is 34.2 Å². The highest BCUT2D eigenvalue weighted by Crippen LogP contribution is 2.20. The van der Waals surface area contributed by atoms with Gasteiger partial charge in [-0.05, 0) is 40.7 Å². The predicted molar refractivity (Wildman–Crippen MR) is 70.2 cm³/mol. The van der Waals surface area contributed by atoms with Gasteiger partial charge in [-0.2, -0.15) is 0 Å².